The van der Waals surface area contributed by atoms with Gasteiger partial charge in [0.15, 0.2) is 0 Å². The highest BCUT2D eigenvalue weighted by Gasteiger charge is 2.51. The monoisotopic (exact) mass is 240 g/mol. The fourth-order valence-electron chi connectivity index (χ4n) is 3.05. The Hall–Kier alpha value is -1.26. The van der Waals surface area contributed by atoms with Gasteiger partial charge in [-0.1, -0.05) is 0 Å². The Morgan fingerprint density at radius 2 is 2.12 bits per heavy atom. The molecule has 0 aromatic carbocycles. The summed E-state index contributed by atoms with van der Waals surface area (Å²) in [6.07, 6.45) is 2.99. The van der Waals surface area contributed by atoms with E-state index >= 15 is 0 Å². The number of carbonyl (C=O) groups excluding carboxylic acids is 2. The van der Waals surface area contributed by atoms with Crippen molar-refractivity contribution in [1.29, 1.82) is 0 Å². The predicted molar refractivity (Wildman–Crippen MR) is 62.5 cm³/mol. The van der Waals surface area contributed by atoms with Gasteiger partial charge in [-0.15, -0.1) is 0 Å². The summed E-state index contributed by atoms with van der Waals surface area (Å²) in [5.74, 6) is 0.0487. The molecule has 0 aromatic rings. The van der Waals surface area contributed by atoms with E-state index in [4.69, 9.17) is 4.74 Å². The van der Waals surface area contributed by atoms with Gasteiger partial charge in [0.1, 0.15) is 6.04 Å². The summed E-state index contributed by atoms with van der Waals surface area (Å²) in [6, 6.07) is -0.265. The highest BCUT2D eigenvalue weighted by molar-refractivity contribution is 5.85. The second-order valence-corrected chi connectivity index (χ2v) is 4.67. The van der Waals surface area contributed by atoms with Crippen molar-refractivity contribution in [2.45, 2.75) is 45.2 Å². The minimum absolute atomic E-state index is 0.127. The zero-order valence-corrected chi connectivity index (χ0v) is 10.4. The third-order valence-electron chi connectivity index (χ3n) is 3.68. The van der Waals surface area contributed by atoms with Crippen molar-refractivity contribution >= 4 is 12.0 Å². The van der Waals surface area contributed by atoms with Crippen molar-refractivity contribution in [2.75, 3.05) is 13.2 Å². The molecular formula is C12H20N2O3. The number of amides is 2. The lowest BCUT2D eigenvalue weighted by molar-refractivity contribution is -0.149. The average molecular weight is 240 g/mol. The number of fused-ring (bicyclic) bond motifs is 2. The molecule has 0 aromatic heterocycles. The summed E-state index contributed by atoms with van der Waals surface area (Å²) in [7, 11) is 0. The summed E-state index contributed by atoms with van der Waals surface area (Å²) < 4.78 is 5.08. The van der Waals surface area contributed by atoms with Crippen LogP contribution < -0.4 is 5.32 Å². The number of nitrogens with zero attached hydrogens (tertiary/aromatic N) is 1. The van der Waals surface area contributed by atoms with Crippen molar-refractivity contribution in [3.05, 3.63) is 0 Å². The maximum absolute atomic E-state index is 12.0. The topological polar surface area (TPSA) is 58.6 Å². The van der Waals surface area contributed by atoms with E-state index in [1.54, 1.807) is 11.8 Å². The van der Waals surface area contributed by atoms with Crippen LogP contribution in [0, 0.1) is 5.92 Å². The van der Waals surface area contributed by atoms with Gasteiger partial charge in [0, 0.05) is 12.6 Å². The molecule has 2 fully saturated rings. The Bertz CT molecular complexity index is 289. The van der Waals surface area contributed by atoms with Gasteiger partial charge in [0.2, 0.25) is 0 Å². The normalized spacial score (nSPS) is 30.5. The second-order valence-electron chi connectivity index (χ2n) is 4.67. The maximum Gasteiger partial charge on any atom is 0.329 e. The first-order valence-corrected chi connectivity index (χ1v) is 6.41. The van der Waals surface area contributed by atoms with Gasteiger partial charge < -0.3 is 15.0 Å². The molecular weight excluding hydrogens is 220 g/mol. The van der Waals surface area contributed by atoms with Crippen molar-refractivity contribution in [2.24, 2.45) is 5.92 Å². The van der Waals surface area contributed by atoms with Crippen LogP contribution in [0.4, 0.5) is 4.79 Å². The Morgan fingerprint density at radius 1 is 1.35 bits per heavy atom. The number of rotatable bonds is 3. The van der Waals surface area contributed by atoms with Gasteiger partial charge in [0.25, 0.3) is 0 Å². The van der Waals surface area contributed by atoms with Crippen molar-refractivity contribution < 1.29 is 14.3 Å². The van der Waals surface area contributed by atoms with Crippen LogP contribution >= 0.6 is 0 Å². The molecule has 2 rings (SSSR count). The molecule has 96 valence electrons. The largest absolute Gasteiger partial charge is 0.464 e. The maximum atomic E-state index is 12.0. The number of urea groups is 1. The molecule has 1 aliphatic heterocycles. The first kappa shape index (κ1) is 12.2. The minimum Gasteiger partial charge on any atom is -0.464 e. The quantitative estimate of drug-likeness (QED) is 0.752. The molecule has 0 radical (unpaired) electrons. The SMILES string of the molecule is CCNC(=O)N1[C@@H]2CC[C@@H](C2)[C@@H]1C(=O)OCC. The van der Waals surface area contributed by atoms with E-state index in [1.165, 1.54) is 0 Å². The van der Waals surface area contributed by atoms with E-state index in [-0.39, 0.29) is 24.1 Å². The molecule has 2 aliphatic rings. The molecule has 0 unspecified atom stereocenters. The first-order valence-electron chi connectivity index (χ1n) is 6.41. The summed E-state index contributed by atoms with van der Waals surface area (Å²) in [5.41, 5.74) is 0. The number of esters is 1. The molecule has 17 heavy (non-hydrogen) atoms. The molecule has 5 heteroatoms. The molecule has 1 aliphatic carbocycles. The molecule has 1 heterocycles. The van der Waals surface area contributed by atoms with Crippen LogP contribution in [-0.4, -0.2) is 42.1 Å². The number of hydrogen-bond acceptors (Lipinski definition) is 3. The molecule has 0 spiro atoms. The number of likely N-dealkylation sites (tertiary alicyclic amines) is 1. The van der Waals surface area contributed by atoms with Gasteiger partial charge in [-0.25, -0.2) is 9.59 Å². The number of nitrogens with one attached hydrogen (secondary N) is 1. The van der Waals surface area contributed by atoms with Crippen LogP contribution in [0.5, 0.6) is 0 Å². The molecule has 5 nitrogen and oxygen atoms in total. The van der Waals surface area contributed by atoms with Crippen LogP contribution in [0.2, 0.25) is 0 Å². The lowest BCUT2D eigenvalue weighted by Gasteiger charge is -2.33. The van der Waals surface area contributed by atoms with Crippen LogP contribution in [0.15, 0.2) is 0 Å². The van der Waals surface area contributed by atoms with Crippen molar-refractivity contribution in [3.63, 3.8) is 0 Å². The average Bonchev–Trinajstić information content (AvgIpc) is 2.89. The summed E-state index contributed by atoms with van der Waals surface area (Å²) in [5, 5.41) is 2.78. The Balaban J connectivity index is 2.11. The van der Waals surface area contributed by atoms with Gasteiger partial charge in [-0.3, -0.25) is 0 Å². The number of piperidine rings is 1. The first-order chi connectivity index (χ1) is 8.19. The molecule has 2 amide bonds. The van der Waals surface area contributed by atoms with Gasteiger partial charge in [0.05, 0.1) is 6.61 Å². The van der Waals surface area contributed by atoms with E-state index in [1.807, 2.05) is 6.92 Å². The Morgan fingerprint density at radius 3 is 2.76 bits per heavy atom. The van der Waals surface area contributed by atoms with E-state index in [0.717, 1.165) is 19.3 Å². The fraction of sp³-hybridized carbons (Fsp3) is 0.833. The van der Waals surface area contributed by atoms with Crippen molar-refractivity contribution in [1.82, 2.24) is 10.2 Å². The molecule has 1 saturated heterocycles. The summed E-state index contributed by atoms with van der Waals surface area (Å²) in [4.78, 5) is 25.6. The van der Waals surface area contributed by atoms with Crippen LogP contribution in [-0.2, 0) is 9.53 Å². The Labute approximate surface area is 101 Å². The smallest absolute Gasteiger partial charge is 0.329 e. The summed E-state index contributed by atoms with van der Waals surface area (Å²) >= 11 is 0. The third-order valence-corrected chi connectivity index (χ3v) is 3.68. The standard InChI is InChI=1S/C12H20N2O3/c1-3-13-12(16)14-9-6-5-8(7-9)10(14)11(15)17-4-2/h8-10H,3-7H2,1-2H3,(H,13,16)/t8-,9+,10+/m0/s1. The van der Waals surface area contributed by atoms with E-state index in [0.29, 0.717) is 19.1 Å². The Kier molecular flexibility index (Phi) is 3.54. The van der Waals surface area contributed by atoms with E-state index < -0.39 is 0 Å². The second kappa shape index (κ2) is 4.94. The summed E-state index contributed by atoms with van der Waals surface area (Å²) in [6.45, 7) is 4.63. The van der Waals surface area contributed by atoms with Gasteiger partial charge >= 0.3 is 12.0 Å². The molecule has 2 bridgehead atoms. The highest BCUT2D eigenvalue weighted by Crippen LogP contribution is 2.42. The van der Waals surface area contributed by atoms with Crippen molar-refractivity contribution in [3.8, 4) is 0 Å². The van der Waals surface area contributed by atoms with E-state index in [2.05, 4.69) is 5.32 Å². The zero-order chi connectivity index (χ0) is 12.4. The van der Waals surface area contributed by atoms with Crippen LogP contribution in [0.3, 0.4) is 0 Å². The minimum atomic E-state index is -0.361. The van der Waals surface area contributed by atoms with Crippen LogP contribution in [0.1, 0.15) is 33.1 Å². The van der Waals surface area contributed by atoms with Gasteiger partial charge in [-0.05, 0) is 39.0 Å². The number of hydrogen-bond donors (Lipinski definition) is 1. The van der Waals surface area contributed by atoms with Gasteiger partial charge in [-0.2, -0.15) is 0 Å². The molecule has 1 N–H and O–H groups in total. The van der Waals surface area contributed by atoms with E-state index in [9.17, 15) is 9.59 Å². The van der Waals surface area contributed by atoms with Crippen LogP contribution in [0.25, 0.3) is 0 Å². The third kappa shape index (κ3) is 2.10. The lowest BCUT2D eigenvalue weighted by Crippen LogP contribution is -2.53. The highest BCUT2D eigenvalue weighted by atomic mass is 16.5. The predicted octanol–water partition coefficient (Wildman–Crippen LogP) is 1.13. The zero-order valence-electron chi connectivity index (χ0n) is 10.4. The number of ether oxygens (including phenoxy) is 1. The number of carbonyl (C=O) groups is 2. The molecule has 1 saturated carbocycles. The fourth-order valence-corrected chi connectivity index (χ4v) is 3.05. The lowest BCUT2D eigenvalue weighted by atomic mass is 9.99. The molecule has 3 atom stereocenters.